The predicted molar refractivity (Wildman–Crippen MR) is 226 cm³/mol. The highest BCUT2D eigenvalue weighted by atomic mass is 15.1. The van der Waals surface area contributed by atoms with E-state index in [-0.39, 0.29) is 0 Å². The Morgan fingerprint density at radius 3 is 1.16 bits per heavy atom. The second-order valence-electron chi connectivity index (χ2n) is 13.8. The predicted octanol–water partition coefficient (Wildman–Crippen LogP) is 11.5. The van der Waals surface area contributed by atoms with Gasteiger partial charge in [0.25, 0.3) is 0 Å². The second kappa shape index (κ2) is 13.0. The van der Waals surface area contributed by atoms with Crippen LogP contribution in [-0.4, -0.2) is 34.1 Å². The molecule has 0 aliphatic carbocycles. The fourth-order valence-corrected chi connectivity index (χ4v) is 7.89. The third kappa shape index (κ3) is 5.25. The first-order valence-electron chi connectivity index (χ1n) is 18.6. The molecule has 6 heterocycles. The van der Waals surface area contributed by atoms with Gasteiger partial charge in [0.05, 0.1) is 44.8 Å². The van der Waals surface area contributed by atoms with Gasteiger partial charge in [-0.25, -0.2) is 24.9 Å². The first kappa shape index (κ1) is 31.7. The molecule has 0 N–H and O–H groups in total. The molecule has 6 aromatic heterocycles. The molecule has 0 radical (unpaired) electrons. The van der Waals surface area contributed by atoms with Crippen molar-refractivity contribution in [1.82, 2.24) is 34.1 Å². The summed E-state index contributed by atoms with van der Waals surface area (Å²) >= 11 is 0. The Morgan fingerprint density at radius 1 is 0.304 bits per heavy atom. The molecule has 0 spiro atoms. The fraction of sp³-hybridized carbons (Fsp3) is 0. The van der Waals surface area contributed by atoms with Crippen molar-refractivity contribution in [2.75, 3.05) is 0 Å². The van der Waals surface area contributed by atoms with Crippen LogP contribution in [0.3, 0.4) is 0 Å². The zero-order valence-electron chi connectivity index (χ0n) is 30.0. The van der Waals surface area contributed by atoms with Crippen LogP contribution in [0, 0.1) is 0 Å². The van der Waals surface area contributed by atoms with Crippen molar-refractivity contribution in [2.45, 2.75) is 0 Å². The molecule has 0 aliphatic rings. The highest BCUT2D eigenvalue weighted by molar-refractivity contribution is 6.10. The Hall–Kier alpha value is -7.77. The minimum Gasteiger partial charge on any atom is -0.294 e. The maximum atomic E-state index is 5.28. The van der Waals surface area contributed by atoms with Gasteiger partial charge < -0.3 is 0 Å². The topological polar surface area (TPSA) is 74.3 Å². The van der Waals surface area contributed by atoms with Crippen molar-refractivity contribution < 1.29 is 0 Å². The summed E-state index contributed by atoms with van der Waals surface area (Å²) in [5.74, 6) is 2.30. The second-order valence-corrected chi connectivity index (χ2v) is 13.8. The van der Waals surface area contributed by atoms with Crippen LogP contribution in [0.1, 0.15) is 0 Å². The number of benzene rings is 5. The van der Waals surface area contributed by atoms with E-state index in [9.17, 15) is 0 Å². The van der Waals surface area contributed by atoms with Gasteiger partial charge in [0, 0.05) is 45.1 Å². The fourth-order valence-electron chi connectivity index (χ4n) is 7.89. The lowest BCUT2D eigenvalue weighted by molar-refractivity contribution is 1.07. The van der Waals surface area contributed by atoms with Crippen molar-refractivity contribution in [1.29, 1.82) is 0 Å². The van der Waals surface area contributed by atoms with E-state index in [1.54, 1.807) is 0 Å². The van der Waals surface area contributed by atoms with E-state index in [0.29, 0.717) is 5.82 Å². The smallest absolute Gasteiger partial charge is 0.159 e. The third-order valence-electron chi connectivity index (χ3n) is 10.5. The monoisotopic (exact) mass is 717 g/mol. The van der Waals surface area contributed by atoms with Crippen LogP contribution in [0.25, 0.3) is 101 Å². The molecule has 0 aliphatic heterocycles. The molecule has 0 unspecified atom stereocenters. The van der Waals surface area contributed by atoms with E-state index in [1.165, 1.54) is 21.5 Å². The Morgan fingerprint density at radius 2 is 0.714 bits per heavy atom. The van der Waals surface area contributed by atoms with Crippen molar-refractivity contribution in [3.63, 3.8) is 0 Å². The minimum atomic E-state index is 0.671. The highest BCUT2D eigenvalue weighted by Gasteiger charge is 2.17. The summed E-state index contributed by atoms with van der Waals surface area (Å²) < 4.78 is 4.46. The average Bonchev–Trinajstić information content (AvgIpc) is 3.80. The van der Waals surface area contributed by atoms with Crippen LogP contribution in [-0.2, 0) is 0 Å². The van der Waals surface area contributed by atoms with Gasteiger partial charge in [0.15, 0.2) is 5.82 Å². The van der Waals surface area contributed by atoms with Gasteiger partial charge in [-0.3, -0.25) is 9.13 Å². The molecule has 0 saturated heterocycles. The SMILES string of the molecule is c1ccc(-c2ncc(-c3cc(-c4cccc(-n5c6ccccc6c6ccccc65)n4)nc(-c4cccc(-n5c6ccccc6c6ccccc65)n4)c3)cn2)cc1. The van der Waals surface area contributed by atoms with Crippen LogP contribution >= 0.6 is 0 Å². The van der Waals surface area contributed by atoms with E-state index in [2.05, 4.69) is 130 Å². The van der Waals surface area contributed by atoms with Crippen LogP contribution in [0.2, 0.25) is 0 Å². The molecule has 11 aromatic rings. The summed E-state index contributed by atoms with van der Waals surface area (Å²) in [6, 6.07) is 60.3. The standard InChI is InChI=1S/C49H31N7/c1-2-14-32(15-3-1)49-50-30-34(31-51-49)33-28-41(39-20-12-26-47(53-39)55-43-22-8-4-16-35(43)36-17-5-9-23-44(36)55)52-42(29-33)40-21-13-27-48(54-40)56-45-24-10-6-18-37(45)38-19-7-11-25-46(38)56/h1-31H. The van der Waals surface area contributed by atoms with E-state index < -0.39 is 0 Å². The molecular weight excluding hydrogens is 687 g/mol. The van der Waals surface area contributed by atoms with Crippen molar-refractivity contribution in [2.24, 2.45) is 0 Å². The van der Waals surface area contributed by atoms with Gasteiger partial charge in [-0.1, -0.05) is 115 Å². The zero-order chi connectivity index (χ0) is 37.0. The molecule has 7 nitrogen and oxygen atoms in total. The lowest BCUT2D eigenvalue weighted by atomic mass is 10.0. The quantitative estimate of drug-likeness (QED) is 0.171. The lowest BCUT2D eigenvalue weighted by Gasteiger charge is -2.13. The van der Waals surface area contributed by atoms with Gasteiger partial charge in [0.2, 0.25) is 0 Å². The number of pyridine rings is 3. The zero-order valence-corrected chi connectivity index (χ0v) is 30.0. The number of hydrogen-bond acceptors (Lipinski definition) is 5. The van der Waals surface area contributed by atoms with Gasteiger partial charge in [0.1, 0.15) is 11.6 Å². The normalized spacial score (nSPS) is 11.6. The Labute approximate surface area is 321 Å². The first-order chi connectivity index (χ1) is 27.8. The molecule has 262 valence electrons. The van der Waals surface area contributed by atoms with Crippen molar-refractivity contribution >= 4 is 43.6 Å². The molecule has 0 saturated carbocycles. The maximum absolute atomic E-state index is 5.28. The Balaban J connectivity index is 1.09. The Bertz CT molecular complexity index is 2970. The summed E-state index contributed by atoms with van der Waals surface area (Å²) in [4.78, 5) is 25.4. The van der Waals surface area contributed by atoms with Gasteiger partial charge in [-0.2, -0.15) is 0 Å². The number of aromatic nitrogens is 7. The summed E-state index contributed by atoms with van der Waals surface area (Å²) in [5.41, 5.74) is 10.1. The number of rotatable bonds is 6. The van der Waals surface area contributed by atoms with Gasteiger partial charge in [-0.05, 0) is 66.2 Å². The number of fused-ring (bicyclic) bond motifs is 6. The van der Waals surface area contributed by atoms with Crippen LogP contribution < -0.4 is 0 Å². The molecule has 56 heavy (non-hydrogen) atoms. The lowest BCUT2D eigenvalue weighted by Crippen LogP contribution is -2.01. The van der Waals surface area contributed by atoms with Crippen molar-refractivity contribution in [3.05, 3.63) is 188 Å². The molecule has 0 bridgehead atoms. The summed E-state index contributed by atoms with van der Waals surface area (Å²) in [6.45, 7) is 0. The molecular formula is C49H31N7. The molecule has 11 rings (SSSR count). The van der Waals surface area contributed by atoms with E-state index >= 15 is 0 Å². The maximum Gasteiger partial charge on any atom is 0.159 e. The minimum absolute atomic E-state index is 0.671. The van der Waals surface area contributed by atoms with Crippen LogP contribution in [0.5, 0.6) is 0 Å². The van der Waals surface area contributed by atoms with Gasteiger partial charge in [-0.15, -0.1) is 0 Å². The third-order valence-corrected chi connectivity index (χ3v) is 10.5. The molecule has 0 fully saturated rings. The number of para-hydroxylation sites is 4. The van der Waals surface area contributed by atoms with E-state index in [4.69, 9.17) is 24.9 Å². The molecule has 5 aromatic carbocycles. The molecule has 7 heteroatoms. The Kier molecular flexibility index (Phi) is 7.35. The summed E-state index contributed by atoms with van der Waals surface area (Å²) in [7, 11) is 0. The van der Waals surface area contributed by atoms with Gasteiger partial charge >= 0.3 is 0 Å². The molecule has 0 atom stereocenters. The van der Waals surface area contributed by atoms with Crippen molar-refractivity contribution in [3.8, 4) is 56.9 Å². The number of hydrogen-bond donors (Lipinski definition) is 0. The largest absolute Gasteiger partial charge is 0.294 e. The van der Waals surface area contributed by atoms with Crippen LogP contribution in [0.15, 0.2) is 188 Å². The van der Waals surface area contributed by atoms with E-state index in [1.807, 2.05) is 67.0 Å². The first-order valence-corrected chi connectivity index (χ1v) is 18.6. The molecule has 0 amide bonds. The number of nitrogens with zero attached hydrogens (tertiary/aromatic N) is 7. The average molecular weight is 718 g/mol. The summed E-state index contributed by atoms with van der Waals surface area (Å²) in [6.07, 6.45) is 3.75. The van der Waals surface area contributed by atoms with E-state index in [0.717, 1.165) is 73.2 Å². The highest BCUT2D eigenvalue weighted by Crippen LogP contribution is 2.35. The van der Waals surface area contributed by atoms with Crippen LogP contribution in [0.4, 0.5) is 0 Å². The summed E-state index contributed by atoms with van der Waals surface area (Å²) in [5, 5.41) is 4.74.